The van der Waals surface area contributed by atoms with Gasteiger partial charge in [0.05, 0.1) is 17.4 Å². The highest BCUT2D eigenvalue weighted by atomic mass is 16.6. The maximum absolute atomic E-state index is 12.5. The zero-order valence-electron chi connectivity index (χ0n) is 14.5. The molecule has 2 aromatic rings. The van der Waals surface area contributed by atoms with Gasteiger partial charge in [0.2, 0.25) is 0 Å². The smallest absolute Gasteiger partial charge is 0.305 e. The summed E-state index contributed by atoms with van der Waals surface area (Å²) in [6.07, 6.45) is -0.290. The van der Waals surface area contributed by atoms with Crippen LogP contribution in [0.1, 0.15) is 53.7 Å². The number of carbonyl (C=O) groups excluding carboxylic acids is 1. The molecule has 0 fully saturated rings. The number of nitro benzene ring substituents is 1. The Morgan fingerprint density at radius 2 is 1.81 bits per heavy atom. The van der Waals surface area contributed by atoms with E-state index in [1.54, 1.807) is 36.4 Å². The van der Waals surface area contributed by atoms with E-state index in [4.69, 9.17) is 5.11 Å². The van der Waals surface area contributed by atoms with Gasteiger partial charge in [-0.15, -0.1) is 0 Å². The van der Waals surface area contributed by atoms with E-state index in [0.717, 1.165) is 0 Å². The molecule has 0 aliphatic heterocycles. The molecular weight excluding hydrogens is 336 g/mol. The first-order valence-electron chi connectivity index (χ1n) is 8.15. The predicted octanol–water partition coefficient (Wildman–Crippen LogP) is 3.66. The summed E-state index contributed by atoms with van der Waals surface area (Å²) in [5, 5.41) is 23.0. The van der Waals surface area contributed by atoms with Crippen LogP contribution in [0.25, 0.3) is 0 Å². The van der Waals surface area contributed by atoms with Gasteiger partial charge in [-0.2, -0.15) is 0 Å². The first-order chi connectivity index (χ1) is 12.3. The van der Waals surface area contributed by atoms with E-state index in [0.29, 0.717) is 11.1 Å². The minimum atomic E-state index is -1.06. The maximum Gasteiger partial charge on any atom is 0.305 e. The molecule has 7 nitrogen and oxygen atoms in total. The second kappa shape index (κ2) is 8.24. The highest BCUT2D eigenvalue weighted by Gasteiger charge is 2.22. The lowest BCUT2D eigenvalue weighted by atomic mass is 9.98. The van der Waals surface area contributed by atoms with Gasteiger partial charge in [0.1, 0.15) is 0 Å². The molecule has 1 atom stereocenters. The Balaban J connectivity index is 2.30. The minimum Gasteiger partial charge on any atom is -0.481 e. The second-order valence-electron chi connectivity index (χ2n) is 6.22. The molecule has 0 bridgehead atoms. The van der Waals surface area contributed by atoms with Crippen LogP contribution in [0.2, 0.25) is 0 Å². The van der Waals surface area contributed by atoms with Gasteiger partial charge < -0.3 is 10.4 Å². The van der Waals surface area contributed by atoms with Crippen LogP contribution in [0.3, 0.4) is 0 Å². The summed E-state index contributed by atoms with van der Waals surface area (Å²) in [7, 11) is 0. The molecule has 0 heterocycles. The zero-order chi connectivity index (χ0) is 19.3. The second-order valence-corrected chi connectivity index (χ2v) is 6.22. The number of amides is 1. The van der Waals surface area contributed by atoms with Crippen molar-refractivity contribution < 1.29 is 19.6 Å². The fourth-order valence-electron chi connectivity index (χ4n) is 2.69. The molecule has 1 unspecified atom stereocenters. The third-order valence-corrected chi connectivity index (χ3v) is 4.00. The summed E-state index contributed by atoms with van der Waals surface area (Å²) in [4.78, 5) is 34.4. The molecule has 0 radical (unpaired) electrons. The monoisotopic (exact) mass is 356 g/mol. The van der Waals surface area contributed by atoms with Gasteiger partial charge in [-0.3, -0.25) is 19.7 Å². The van der Waals surface area contributed by atoms with Crippen LogP contribution in [0.5, 0.6) is 0 Å². The van der Waals surface area contributed by atoms with Gasteiger partial charge in [0.25, 0.3) is 11.6 Å². The van der Waals surface area contributed by atoms with E-state index in [-0.39, 0.29) is 23.6 Å². The molecule has 2 aromatic carbocycles. The van der Waals surface area contributed by atoms with Crippen LogP contribution in [-0.2, 0) is 4.79 Å². The molecule has 0 aromatic heterocycles. The highest BCUT2D eigenvalue weighted by molar-refractivity contribution is 5.95. The third kappa shape index (κ3) is 4.66. The van der Waals surface area contributed by atoms with Crippen molar-refractivity contribution >= 4 is 17.6 Å². The predicted molar refractivity (Wildman–Crippen MR) is 96.1 cm³/mol. The minimum absolute atomic E-state index is 0.0587. The molecule has 1 amide bonds. The van der Waals surface area contributed by atoms with Crippen molar-refractivity contribution in [3.63, 3.8) is 0 Å². The fourth-order valence-corrected chi connectivity index (χ4v) is 2.69. The third-order valence-electron chi connectivity index (χ3n) is 4.00. The standard InChI is InChI=1S/C19H20N2O5/c1-12(2)15-9-8-14(10-17(15)21(25)26)19(24)20-16(11-18(22)23)13-6-4-3-5-7-13/h3-10,12,16H,11H2,1-2H3,(H,20,24)(H,22,23). The number of hydrogen-bond acceptors (Lipinski definition) is 4. The summed E-state index contributed by atoms with van der Waals surface area (Å²) >= 11 is 0. The number of benzene rings is 2. The number of aliphatic carboxylic acids is 1. The summed E-state index contributed by atoms with van der Waals surface area (Å²) in [6, 6.07) is 12.3. The molecule has 136 valence electrons. The van der Waals surface area contributed by atoms with E-state index in [9.17, 15) is 19.7 Å². The average molecular weight is 356 g/mol. The summed E-state index contributed by atoms with van der Waals surface area (Å²) in [5.41, 5.74) is 1.18. The van der Waals surface area contributed by atoms with Crippen LogP contribution in [-0.4, -0.2) is 21.9 Å². The van der Waals surface area contributed by atoms with Gasteiger partial charge in [-0.05, 0) is 17.5 Å². The molecule has 0 saturated carbocycles. The van der Waals surface area contributed by atoms with Crippen molar-refractivity contribution in [1.29, 1.82) is 0 Å². The SMILES string of the molecule is CC(C)c1ccc(C(=O)NC(CC(=O)O)c2ccccc2)cc1[N+](=O)[O-]. The van der Waals surface area contributed by atoms with Crippen molar-refractivity contribution in [3.8, 4) is 0 Å². The Hall–Kier alpha value is -3.22. The number of nitrogens with one attached hydrogen (secondary N) is 1. The molecule has 0 aliphatic rings. The van der Waals surface area contributed by atoms with Crippen molar-refractivity contribution in [2.45, 2.75) is 32.2 Å². The van der Waals surface area contributed by atoms with E-state index < -0.39 is 22.8 Å². The average Bonchev–Trinajstić information content (AvgIpc) is 2.60. The quantitative estimate of drug-likeness (QED) is 0.581. The highest BCUT2D eigenvalue weighted by Crippen LogP contribution is 2.27. The van der Waals surface area contributed by atoms with Crippen LogP contribution in [0, 0.1) is 10.1 Å². The number of nitrogens with zero attached hydrogens (tertiary/aromatic N) is 1. The topological polar surface area (TPSA) is 110 Å². The van der Waals surface area contributed by atoms with Crippen LogP contribution >= 0.6 is 0 Å². The van der Waals surface area contributed by atoms with E-state index in [1.807, 2.05) is 13.8 Å². The molecular formula is C19H20N2O5. The van der Waals surface area contributed by atoms with Crippen molar-refractivity contribution in [2.75, 3.05) is 0 Å². The van der Waals surface area contributed by atoms with Gasteiger partial charge in [-0.1, -0.05) is 50.2 Å². The molecule has 26 heavy (non-hydrogen) atoms. The Morgan fingerprint density at radius 1 is 1.15 bits per heavy atom. The van der Waals surface area contributed by atoms with Gasteiger partial charge in [-0.25, -0.2) is 0 Å². The fraction of sp³-hybridized carbons (Fsp3) is 0.263. The van der Waals surface area contributed by atoms with Crippen LogP contribution in [0.4, 0.5) is 5.69 Å². The Kier molecular flexibility index (Phi) is 6.06. The van der Waals surface area contributed by atoms with Crippen LogP contribution < -0.4 is 5.32 Å². The van der Waals surface area contributed by atoms with E-state index >= 15 is 0 Å². The Morgan fingerprint density at radius 3 is 2.35 bits per heavy atom. The number of carbonyl (C=O) groups is 2. The summed E-state index contributed by atoms with van der Waals surface area (Å²) in [5.74, 6) is -1.67. The summed E-state index contributed by atoms with van der Waals surface area (Å²) < 4.78 is 0. The molecule has 0 aliphatic carbocycles. The van der Waals surface area contributed by atoms with Crippen LogP contribution in [0.15, 0.2) is 48.5 Å². The summed E-state index contributed by atoms with van der Waals surface area (Å²) in [6.45, 7) is 3.67. The molecule has 0 spiro atoms. The number of carboxylic acids is 1. The number of carboxylic acid groups (broad SMARTS) is 1. The first-order valence-corrected chi connectivity index (χ1v) is 8.15. The molecule has 2 N–H and O–H groups in total. The maximum atomic E-state index is 12.5. The molecule has 2 rings (SSSR count). The van der Waals surface area contributed by atoms with Crippen molar-refractivity contribution in [2.24, 2.45) is 0 Å². The van der Waals surface area contributed by atoms with Gasteiger partial charge in [0.15, 0.2) is 0 Å². The molecule has 7 heteroatoms. The zero-order valence-corrected chi connectivity index (χ0v) is 14.5. The Labute approximate surface area is 150 Å². The largest absolute Gasteiger partial charge is 0.481 e. The van der Waals surface area contributed by atoms with E-state index in [1.165, 1.54) is 12.1 Å². The lowest BCUT2D eigenvalue weighted by Gasteiger charge is -2.18. The molecule has 0 saturated heterocycles. The van der Waals surface area contributed by atoms with Crippen molar-refractivity contribution in [3.05, 3.63) is 75.3 Å². The first kappa shape index (κ1) is 19.1. The van der Waals surface area contributed by atoms with E-state index in [2.05, 4.69) is 5.32 Å². The van der Waals surface area contributed by atoms with Crippen molar-refractivity contribution in [1.82, 2.24) is 5.32 Å². The number of rotatable bonds is 7. The lowest BCUT2D eigenvalue weighted by Crippen LogP contribution is -2.30. The lowest BCUT2D eigenvalue weighted by molar-refractivity contribution is -0.385. The van der Waals surface area contributed by atoms with Gasteiger partial charge in [0, 0.05) is 17.2 Å². The number of nitro groups is 1. The van der Waals surface area contributed by atoms with Gasteiger partial charge >= 0.3 is 5.97 Å². The Bertz CT molecular complexity index is 818. The normalized spacial score (nSPS) is 11.8. The number of hydrogen-bond donors (Lipinski definition) is 2.